The van der Waals surface area contributed by atoms with E-state index in [9.17, 15) is 4.39 Å². The summed E-state index contributed by atoms with van der Waals surface area (Å²) >= 11 is 0. The van der Waals surface area contributed by atoms with Crippen LogP contribution in [0.15, 0.2) is 23.2 Å². The Morgan fingerprint density at radius 3 is 2.50 bits per heavy atom. The topological polar surface area (TPSA) is 60.2 Å². The maximum atomic E-state index is 13.7. The summed E-state index contributed by atoms with van der Waals surface area (Å²) in [6.45, 7) is 6.36. The van der Waals surface area contributed by atoms with E-state index in [1.165, 1.54) is 6.07 Å². The second kappa shape index (κ2) is 8.04. The van der Waals surface area contributed by atoms with Crippen molar-refractivity contribution >= 4 is 29.9 Å². The van der Waals surface area contributed by atoms with Crippen molar-refractivity contribution in [2.75, 3.05) is 7.05 Å². The number of guanidine groups is 1. The summed E-state index contributed by atoms with van der Waals surface area (Å²) in [6, 6.07) is 6.34. The summed E-state index contributed by atoms with van der Waals surface area (Å²) in [4.78, 5) is 4.07. The van der Waals surface area contributed by atoms with Gasteiger partial charge in [-0.25, -0.2) is 4.39 Å². The smallest absolute Gasteiger partial charge is 0.191 e. The minimum atomic E-state index is -0.391. The van der Waals surface area contributed by atoms with E-state index in [2.05, 4.69) is 15.6 Å². The van der Waals surface area contributed by atoms with Gasteiger partial charge in [0, 0.05) is 24.7 Å². The summed E-state index contributed by atoms with van der Waals surface area (Å²) in [5.41, 5.74) is 0.694. The lowest BCUT2D eigenvalue weighted by Crippen LogP contribution is -2.47. The first-order valence-electron chi connectivity index (χ1n) is 6.03. The third-order valence-electron chi connectivity index (χ3n) is 2.35. The zero-order chi connectivity index (χ0) is 14.5. The molecule has 0 radical (unpaired) electrons. The van der Waals surface area contributed by atoms with Crippen LogP contribution in [0.5, 0.6) is 0 Å². The second-order valence-electron chi connectivity index (χ2n) is 5.22. The van der Waals surface area contributed by atoms with Gasteiger partial charge in [-0.2, -0.15) is 5.26 Å². The molecule has 0 bridgehead atoms. The van der Waals surface area contributed by atoms with E-state index in [0.29, 0.717) is 23.6 Å². The quantitative estimate of drug-likeness (QED) is 0.464. The molecule has 2 N–H and O–H groups in total. The van der Waals surface area contributed by atoms with Gasteiger partial charge in [0.25, 0.3) is 0 Å². The van der Waals surface area contributed by atoms with Crippen LogP contribution in [-0.4, -0.2) is 18.5 Å². The molecule has 0 fully saturated rings. The van der Waals surface area contributed by atoms with Gasteiger partial charge in [-0.05, 0) is 32.9 Å². The van der Waals surface area contributed by atoms with E-state index in [-0.39, 0.29) is 29.5 Å². The number of nitrogens with zero attached hydrogens (tertiary/aromatic N) is 2. The van der Waals surface area contributed by atoms with E-state index in [0.717, 1.165) is 0 Å². The Balaban J connectivity index is 0.00000361. The van der Waals surface area contributed by atoms with Crippen LogP contribution in [0, 0.1) is 17.1 Å². The molecule has 1 rings (SSSR count). The monoisotopic (exact) mass is 390 g/mol. The van der Waals surface area contributed by atoms with Gasteiger partial charge in [-0.15, -0.1) is 24.0 Å². The van der Waals surface area contributed by atoms with Crippen LogP contribution in [0.1, 0.15) is 31.9 Å². The average Bonchev–Trinajstić information content (AvgIpc) is 2.34. The van der Waals surface area contributed by atoms with Gasteiger partial charge in [0.15, 0.2) is 5.96 Å². The van der Waals surface area contributed by atoms with Crippen LogP contribution in [-0.2, 0) is 6.54 Å². The second-order valence-corrected chi connectivity index (χ2v) is 5.22. The van der Waals surface area contributed by atoms with Crippen molar-refractivity contribution in [2.24, 2.45) is 4.99 Å². The number of hydrogen-bond donors (Lipinski definition) is 2. The van der Waals surface area contributed by atoms with Crippen LogP contribution in [0.2, 0.25) is 0 Å². The molecular formula is C14H20FIN4. The molecule has 0 heterocycles. The third-order valence-corrected chi connectivity index (χ3v) is 2.35. The molecule has 0 aliphatic rings. The first kappa shape index (κ1) is 18.6. The highest BCUT2D eigenvalue weighted by molar-refractivity contribution is 14.0. The predicted octanol–water partition coefficient (Wildman–Crippen LogP) is 2.78. The van der Waals surface area contributed by atoms with E-state index in [1.807, 2.05) is 26.8 Å². The Kier molecular flexibility index (Phi) is 7.50. The number of nitrogens with one attached hydrogen (secondary N) is 2. The van der Waals surface area contributed by atoms with Crippen LogP contribution in [0.3, 0.4) is 0 Å². The number of nitriles is 1. The summed E-state index contributed by atoms with van der Waals surface area (Å²) in [7, 11) is 1.66. The van der Waals surface area contributed by atoms with Gasteiger partial charge in [-0.3, -0.25) is 4.99 Å². The van der Waals surface area contributed by atoms with Crippen molar-refractivity contribution in [3.63, 3.8) is 0 Å². The first-order valence-corrected chi connectivity index (χ1v) is 6.03. The Morgan fingerprint density at radius 1 is 1.40 bits per heavy atom. The number of aliphatic imine (C=N–C) groups is 1. The molecule has 0 saturated heterocycles. The van der Waals surface area contributed by atoms with Crippen molar-refractivity contribution in [1.82, 2.24) is 10.6 Å². The molecule has 0 aromatic heterocycles. The van der Waals surface area contributed by atoms with Gasteiger partial charge >= 0.3 is 0 Å². The molecule has 0 spiro atoms. The van der Waals surface area contributed by atoms with Gasteiger partial charge in [0.1, 0.15) is 5.82 Å². The molecule has 0 amide bonds. The molecule has 1 aromatic carbocycles. The van der Waals surface area contributed by atoms with E-state index in [4.69, 9.17) is 5.26 Å². The number of benzene rings is 1. The minimum absolute atomic E-state index is 0. The fraction of sp³-hybridized carbons (Fsp3) is 0.429. The highest BCUT2D eigenvalue weighted by Crippen LogP contribution is 2.09. The SMILES string of the molecule is CN=C(NCc1ccc(C#N)cc1F)NC(C)(C)C.I. The molecule has 0 unspecified atom stereocenters. The maximum Gasteiger partial charge on any atom is 0.191 e. The summed E-state index contributed by atoms with van der Waals surface area (Å²) < 4.78 is 13.7. The zero-order valence-electron chi connectivity index (χ0n) is 12.1. The number of hydrogen-bond acceptors (Lipinski definition) is 2. The fourth-order valence-corrected chi connectivity index (χ4v) is 1.47. The van der Waals surface area contributed by atoms with Crippen molar-refractivity contribution in [1.29, 1.82) is 5.26 Å². The highest BCUT2D eigenvalue weighted by Gasteiger charge is 2.12. The molecule has 6 heteroatoms. The molecule has 0 saturated carbocycles. The molecule has 0 aliphatic carbocycles. The zero-order valence-corrected chi connectivity index (χ0v) is 14.5. The summed E-state index contributed by atoms with van der Waals surface area (Å²) in [5, 5.41) is 14.9. The Bertz CT molecular complexity index is 515. The lowest BCUT2D eigenvalue weighted by atomic mass is 10.1. The van der Waals surface area contributed by atoms with Gasteiger partial charge < -0.3 is 10.6 Å². The lowest BCUT2D eigenvalue weighted by Gasteiger charge is -2.23. The first-order chi connectivity index (χ1) is 8.85. The van der Waals surface area contributed by atoms with Crippen molar-refractivity contribution in [3.05, 3.63) is 35.1 Å². The van der Waals surface area contributed by atoms with Crippen molar-refractivity contribution < 1.29 is 4.39 Å². The van der Waals surface area contributed by atoms with E-state index < -0.39 is 5.82 Å². The third kappa shape index (κ3) is 6.19. The molecular weight excluding hydrogens is 370 g/mol. The Hall–Kier alpha value is -1.36. The number of halogens is 2. The fourth-order valence-electron chi connectivity index (χ4n) is 1.47. The maximum absolute atomic E-state index is 13.7. The minimum Gasteiger partial charge on any atom is -0.352 e. The lowest BCUT2D eigenvalue weighted by molar-refractivity contribution is 0.500. The summed E-state index contributed by atoms with van der Waals surface area (Å²) in [6.07, 6.45) is 0. The largest absolute Gasteiger partial charge is 0.352 e. The Morgan fingerprint density at radius 2 is 2.05 bits per heavy atom. The van der Waals surface area contributed by atoms with Crippen molar-refractivity contribution in [2.45, 2.75) is 32.9 Å². The van der Waals surface area contributed by atoms with E-state index >= 15 is 0 Å². The molecule has 4 nitrogen and oxygen atoms in total. The van der Waals surface area contributed by atoms with E-state index in [1.54, 1.807) is 19.2 Å². The van der Waals surface area contributed by atoms with Gasteiger partial charge in [0.2, 0.25) is 0 Å². The van der Waals surface area contributed by atoms with Gasteiger partial charge in [0.05, 0.1) is 11.6 Å². The van der Waals surface area contributed by atoms with Crippen molar-refractivity contribution in [3.8, 4) is 6.07 Å². The number of rotatable bonds is 2. The summed E-state index contributed by atoms with van der Waals surface area (Å²) in [5.74, 6) is 0.217. The van der Waals surface area contributed by atoms with Crippen LogP contribution < -0.4 is 10.6 Å². The molecule has 110 valence electrons. The Labute approximate surface area is 136 Å². The molecule has 20 heavy (non-hydrogen) atoms. The molecule has 0 aliphatic heterocycles. The normalized spacial score (nSPS) is 11.3. The highest BCUT2D eigenvalue weighted by atomic mass is 127. The molecule has 0 atom stereocenters. The predicted molar refractivity (Wildman–Crippen MR) is 89.6 cm³/mol. The standard InChI is InChI=1S/C14H19FN4.HI/c1-14(2,3)19-13(17-4)18-9-11-6-5-10(8-16)7-12(11)15;/h5-7H,9H2,1-4H3,(H2,17,18,19);1H. The van der Waals surface area contributed by atoms with Crippen LogP contribution in [0.25, 0.3) is 0 Å². The van der Waals surface area contributed by atoms with Crippen LogP contribution >= 0.6 is 24.0 Å². The van der Waals surface area contributed by atoms with Crippen LogP contribution in [0.4, 0.5) is 4.39 Å². The van der Waals surface area contributed by atoms with Gasteiger partial charge in [-0.1, -0.05) is 6.07 Å². The average molecular weight is 390 g/mol. The molecule has 1 aromatic rings.